The van der Waals surface area contributed by atoms with E-state index in [-0.39, 0.29) is 24.3 Å². The highest BCUT2D eigenvalue weighted by Crippen LogP contribution is 2.38. The maximum Gasteiger partial charge on any atom is 0.262 e. The lowest BCUT2D eigenvalue weighted by Gasteiger charge is -2.23. The molecule has 36 heavy (non-hydrogen) atoms. The highest BCUT2D eigenvalue weighted by Gasteiger charge is 2.39. The number of nitrogens with zero attached hydrogens (tertiary/aromatic N) is 3. The monoisotopic (exact) mass is 496 g/mol. The molecule has 3 aromatic rings. The lowest BCUT2D eigenvalue weighted by atomic mass is 9.98. The first kappa shape index (κ1) is 24.0. The molecule has 5 rings (SSSR count). The molecule has 2 heterocycles. The van der Waals surface area contributed by atoms with Crippen LogP contribution < -0.4 is 5.32 Å². The highest BCUT2D eigenvalue weighted by atomic mass is 32.2. The lowest BCUT2D eigenvalue weighted by Crippen LogP contribution is -2.25. The van der Waals surface area contributed by atoms with E-state index in [1.54, 1.807) is 0 Å². The number of hydrogen-bond acceptors (Lipinski definition) is 5. The van der Waals surface area contributed by atoms with Crippen molar-refractivity contribution in [2.24, 2.45) is 10.1 Å². The Kier molecular flexibility index (Phi) is 7.00. The Bertz CT molecular complexity index is 1320. The fourth-order valence-corrected chi connectivity index (χ4v) is 5.41. The Morgan fingerprint density at radius 2 is 1.75 bits per heavy atom. The molecule has 2 atom stereocenters. The molecule has 0 aliphatic carbocycles. The zero-order chi connectivity index (χ0) is 25.1. The van der Waals surface area contributed by atoms with Gasteiger partial charge in [0.05, 0.1) is 11.8 Å². The van der Waals surface area contributed by atoms with E-state index in [0.717, 1.165) is 28.9 Å². The second kappa shape index (κ2) is 10.5. The van der Waals surface area contributed by atoms with Gasteiger partial charge in [0.15, 0.2) is 5.17 Å². The SMILES string of the molecule is CCc1ccc(NC(=O)C[C@@H]2SC(N3N=C(c4ccccc4)C[C@H]3c3ccc(C)cc3)=NC2=O)cc1. The van der Waals surface area contributed by atoms with Crippen LogP contribution in [-0.4, -0.2) is 33.0 Å². The van der Waals surface area contributed by atoms with Crippen LogP contribution in [0.4, 0.5) is 5.69 Å². The predicted molar refractivity (Wildman–Crippen MR) is 146 cm³/mol. The zero-order valence-corrected chi connectivity index (χ0v) is 21.2. The van der Waals surface area contributed by atoms with Gasteiger partial charge in [-0.15, -0.1) is 0 Å². The summed E-state index contributed by atoms with van der Waals surface area (Å²) >= 11 is 1.32. The van der Waals surface area contributed by atoms with Crippen LogP contribution in [0.5, 0.6) is 0 Å². The fraction of sp³-hybridized carbons (Fsp3) is 0.241. The van der Waals surface area contributed by atoms with Crippen LogP contribution in [0.1, 0.15) is 48.1 Å². The number of hydrazone groups is 1. The second-order valence-corrected chi connectivity index (χ2v) is 10.2. The van der Waals surface area contributed by atoms with Crippen LogP contribution in [0.15, 0.2) is 89.0 Å². The van der Waals surface area contributed by atoms with E-state index in [1.807, 2.05) is 59.6 Å². The van der Waals surface area contributed by atoms with E-state index in [1.165, 1.54) is 22.9 Å². The molecule has 3 aromatic carbocycles. The molecule has 0 fully saturated rings. The van der Waals surface area contributed by atoms with Gasteiger partial charge in [-0.05, 0) is 42.2 Å². The van der Waals surface area contributed by atoms with Gasteiger partial charge in [-0.1, -0.05) is 91.0 Å². The van der Waals surface area contributed by atoms with Gasteiger partial charge in [0.1, 0.15) is 5.25 Å². The Morgan fingerprint density at radius 3 is 2.44 bits per heavy atom. The standard InChI is InChI=1S/C29H28N4O2S/c1-3-20-11-15-23(16-12-20)30-27(34)18-26-28(35)31-29(36-26)33-25(22-13-9-19(2)10-14-22)17-24(32-33)21-7-5-4-6-8-21/h4-16,25-26H,3,17-18H2,1-2H3,(H,30,34)/t25-,26-/m0/s1. The smallest absolute Gasteiger partial charge is 0.262 e. The van der Waals surface area contributed by atoms with Gasteiger partial charge >= 0.3 is 0 Å². The van der Waals surface area contributed by atoms with Crippen LogP contribution in [0, 0.1) is 6.92 Å². The molecule has 0 bridgehead atoms. The molecule has 0 saturated carbocycles. The number of benzene rings is 3. The molecule has 2 aliphatic heterocycles. The third kappa shape index (κ3) is 5.26. The number of thioether (sulfide) groups is 1. The molecule has 6 nitrogen and oxygen atoms in total. The van der Waals surface area contributed by atoms with E-state index >= 15 is 0 Å². The van der Waals surface area contributed by atoms with Gasteiger partial charge in [0.2, 0.25) is 5.91 Å². The maximum atomic E-state index is 12.8. The van der Waals surface area contributed by atoms with E-state index < -0.39 is 5.25 Å². The molecule has 2 amide bonds. The van der Waals surface area contributed by atoms with Crippen molar-refractivity contribution in [1.29, 1.82) is 0 Å². The topological polar surface area (TPSA) is 74.1 Å². The molecule has 0 radical (unpaired) electrons. The summed E-state index contributed by atoms with van der Waals surface area (Å²) in [5.74, 6) is -0.496. The van der Waals surface area contributed by atoms with Gasteiger partial charge in [-0.2, -0.15) is 10.1 Å². The van der Waals surface area contributed by atoms with Gasteiger partial charge in [-0.25, -0.2) is 5.01 Å². The zero-order valence-electron chi connectivity index (χ0n) is 20.3. The molecule has 182 valence electrons. The van der Waals surface area contributed by atoms with Crippen molar-refractivity contribution in [3.8, 4) is 0 Å². The summed E-state index contributed by atoms with van der Waals surface area (Å²) < 4.78 is 0. The second-order valence-electron chi connectivity index (χ2n) is 9.03. The first-order chi connectivity index (χ1) is 17.5. The van der Waals surface area contributed by atoms with Crippen molar-refractivity contribution in [3.63, 3.8) is 0 Å². The number of carbonyl (C=O) groups excluding carboxylic acids is 2. The van der Waals surface area contributed by atoms with Crippen LogP contribution >= 0.6 is 11.8 Å². The summed E-state index contributed by atoms with van der Waals surface area (Å²) in [5.41, 5.74) is 6.24. The quantitative estimate of drug-likeness (QED) is 0.473. The molecule has 7 heteroatoms. The number of amidine groups is 1. The molecule has 1 N–H and O–H groups in total. The van der Waals surface area contributed by atoms with Crippen molar-refractivity contribution in [2.45, 2.75) is 44.4 Å². The van der Waals surface area contributed by atoms with Gasteiger partial charge in [-0.3, -0.25) is 9.59 Å². The molecule has 0 spiro atoms. The predicted octanol–water partition coefficient (Wildman–Crippen LogP) is 5.74. The normalized spacial score (nSPS) is 19.3. The van der Waals surface area contributed by atoms with Gasteiger partial charge in [0.25, 0.3) is 5.91 Å². The van der Waals surface area contributed by atoms with Crippen molar-refractivity contribution >= 4 is 40.1 Å². The Balaban J connectivity index is 1.32. The Hall–Kier alpha value is -3.71. The number of amides is 2. The van der Waals surface area contributed by atoms with Crippen LogP contribution in [0.25, 0.3) is 0 Å². The third-order valence-corrected chi connectivity index (χ3v) is 7.56. The molecular formula is C29H28N4O2S. The first-order valence-electron chi connectivity index (χ1n) is 12.2. The number of rotatable bonds is 6. The molecule has 0 aromatic heterocycles. The molecule has 0 unspecified atom stereocenters. The third-order valence-electron chi connectivity index (χ3n) is 6.42. The molecule has 0 saturated heterocycles. The fourth-order valence-electron chi connectivity index (χ4n) is 4.35. The number of nitrogens with one attached hydrogen (secondary N) is 1. The average molecular weight is 497 g/mol. The summed E-state index contributed by atoms with van der Waals surface area (Å²) in [6, 6.07) is 26.1. The number of hydrogen-bond donors (Lipinski definition) is 1. The Labute approximate surface area is 215 Å². The maximum absolute atomic E-state index is 12.8. The van der Waals surface area contributed by atoms with E-state index in [0.29, 0.717) is 11.6 Å². The van der Waals surface area contributed by atoms with E-state index in [9.17, 15) is 9.59 Å². The summed E-state index contributed by atoms with van der Waals surface area (Å²) in [4.78, 5) is 29.8. The lowest BCUT2D eigenvalue weighted by molar-refractivity contribution is -0.121. The van der Waals surface area contributed by atoms with Gasteiger partial charge < -0.3 is 5.32 Å². The number of carbonyl (C=O) groups is 2. The Morgan fingerprint density at radius 1 is 1.03 bits per heavy atom. The number of anilines is 1. The summed E-state index contributed by atoms with van der Waals surface area (Å²) in [6.45, 7) is 4.15. The summed E-state index contributed by atoms with van der Waals surface area (Å²) in [6.07, 6.45) is 1.71. The number of aryl methyl sites for hydroxylation is 2. The minimum Gasteiger partial charge on any atom is -0.326 e. The van der Waals surface area contributed by atoms with E-state index in [4.69, 9.17) is 5.10 Å². The first-order valence-corrected chi connectivity index (χ1v) is 13.0. The highest BCUT2D eigenvalue weighted by molar-refractivity contribution is 8.15. The molecule has 2 aliphatic rings. The average Bonchev–Trinajstić information content (AvgIpc) is 3.49. The van der Waals surface area contributed by atoms with Gasteiger partial charge in [0, 0.05) is 18.5 Å². The minimum absolute atomic E-state index is 0.0598. The van der Waals surface area contributed by atoms with Crippen LogP contribution in [-0.2, 0) is 16.0 Å². The number of aliphatic imine (C=N–C) groups is 1. The van der Waals surface area contributed by atoms with Crippen LogP contribution in [0.3, 0.4) is 0 Å². The van der Waals surface area contributed by atoms with E-state index in [2.05, 4.69) is 48.4 Å². The van der Waals surface area contributed by atoms with Crippen molar-refractivity contribution in [1.82, 2.24) is 5.01 Å². The minimum atomic E-state index is -0.565. The van der Waals surface area contributed by atoms with Crippen molar-refractivity contribution in [3.05, 3.63) is 101 Å². The molecular weight excluding hydrogens is 468 g/mol. The summed E-state index contributed by atoms with van der Waals surface area (Å²) in [5, 5.41) is 9.63. The largest absolute Gasteiger partial charge is 0.326 e. The van der Waals surface area contributed by atoms with Crippen molar-refractivity contribution < 1.29 is 9.59 Å². The van der Waals surface area contributed by atoms with Crippen molar-refractivity contribution in [2.75, 3.05) is 5.32 Å². The summed E-state index contributed by atoms with van der Waals surface area (Å²) in [7, 11) is 0. The van der Waals surface area contributed by atoms with Crippen LogP contribution in [0.2, 0.25) is 0 Å².